The number of aromatic nitrogens is 2. The van der Waals surface area contributed by atoms with Crippen LogP contribution in [0.2, 0.25) is 0 Å². The van der Waals surface area contributed by atoms with E-state index in [-0.39, 0.29) is 24.0 Å². The molecule has 0 N–H and O–H groups in total. The zero-order valence-corrected chi connectivity index (χ0v) is 10.9. The minimum atomic E-state index is 0. The predicted molar refractivity (Wildman–Crippen MR) is 52.7 cm³/mol. The van der Waals surface area contributed by atoms with E-state index in [1.165, 1.54) is 16.9 Å². The third-order valence-electron chi connectivity index (χ3n) is 2.62. The van der Waals surface area contributed by atoms with Gasteiger partial charge in [0.1, 0.15) is 12.6 Å². The zero-order valence-electron chi connectivity index (χ0n) is 8.79. The molecular formula is C11H15IN2. The monoisotopic (exact) mass is 302 g/mol. The molecule has 0 radical (unpaired) electrons. The first-order chi connectivity index (χ1) is 6.24. The van der Waals surface area contributed by atoms with Crippen LogP contribution in [0.1, 0.15) is 18.3 Å². The Balaban J connectivity index is 0.000000980. The highest BCUT2D eigenvalue weighted by molar-refractivity contribution is 5.51. The average molecular weight is 302 g/mol. The van der Waals surface area contributed by atoms with Crippen LogP contribution in [0.3, 0.4) is 0 Å². The molecular weight excluding hydrogens is 287 g/mol. The molecule has 0 aromatic carbocycles. The summed E-state index contributed by atoms with van der Waals surface area (Å²) in [7, 11) is 2.10. The Morgan fingerprint density at radius 1 is 1.36 bits per heavy atom. The summed E-state index contributed by atoms with van der Waals surface area (Å²) in [5.41, 5.74) is 4.01. The highest BCUT2D eigenvalue weighted by atomic mass is 127. The molecule has 0 aliphatic heterocycles. The van der Waals surface area contributed by atoms with E-state index < -0.39 is 0 Å². The fraction of sp³-hybridized carbons (Fsp3) is 0.364. The van der Waals surface area contributed by atoms with Crippen LogP contribution >= 0.6 is 0 Å². The van der Waals surface area contributed by atoms with Gasteiger partial charge in [-0.25, -0.2) is 4.57 Å². The van der Waals surface area contributed by atoms with E-state index >= 15 is 0 Å². The molecule has 2 aromatic heterocycles. The van der Waals surface area contributed by atoms with Crippen LogP contribution in [-0.2, 0) is 13.5 Å². The molecule has 0 bridgehead atoms. The van der Waals surface area contributed by atoms with Gasteiger partial charge in [-0.2, -0.15) is 0 Å². The highest BCUT2D eigenvalue weighted by Gasteiger charge is 2.10. The standard InChI is InChI=1S/C11H15N2.HI/c1-4-10-11-6-5-9(2)13(11)8-7-12(10)3;/h5-8H,4H2,1-3H3;1H/q+1;/p-1. The van der Waals surface area contributed by atoms with Crippen molar-refractivity contribution in [1.29, 1.82) is 0 Å². The van der Waals surface area contributed by atoms with Gasteiger partial charge in [-0.3, -0.25) is 0 Å². The number of nitrogens with zero attached hydrogens (tertiary/aromatic N) is 2. The molecule has 2 aromatic rings. The number of rotatable bonds is 1. The summed E-state index contributed by atoms with van der Waals surface area (Å²) in [6, 6.07) is 4.35. The summed E-state index contributed by atoms with van der Waals surface area (Å²) in [4.78, 5) is 0. The largest absolute Gasteiger partial charge is 1.00 e. The molecule has 0 saturated carbocycles. The molecule has 2 heterocycles. The van der Waals surface area contributed by atoms with Crippen molar-refractivity contribution in [3.05, 3.63) is 35.9 Å². The van der Waals surface area contributed by atoms with Crippen molar-refractivity contribution < 1.29 is 28.5 Å². The molecule has 76 valence electrons. The minimum Gasteiger partial charge on any atom is -1.00 e. The fourth-order valence-electron chi connectivity index (χ4n) is 1.85. The molecule has 2 rings (SSSR count). The van der Waals surface area contributed by atoms with Crippen molar-refractivity contribution in [1.82, 2.24) is 4.40 Å². The van der Waals surface area contributed by atoms with Gasteiger partial charge in [0.05, 0.1) is 6.20 Å². The van der Waals surface area contributed by atoms with Gasteiger partial charge in [-0.05, 0) is 19.1 Å². The normalized spacial score (nSPS) is 10.2. The van der Waals surface area contributed by atoms with Crippen LogP contribution in [0.15, 0.2) is 24.5 Å². The van der Waals surface area contributed by atoms with Crippen molar-refractivity contribution in [3.8, 4) is 0 Å². The molecule has 0 atom stereocenters. The van der Waals surface area contributed by atoms with Gasteiger partial charge >= 0.3 is 0 Å². The second-order valence-corrected chi connectivity index (χ2v) is 3.44. The van der Waals surface area contributed by atoms with Crippen molar-refractivity contribution in [3.63, 3.8) is 0 Å². The lowest BCUT2D eigenvalue weighted by molar-refractivity contribution is -0.678. The maximum absolute atomic E-state index is 2.23. The lowest BCUT2D eigenvalue weighted by atomic mass is 10.3. The average Bonchev–Trinajstić information content (AvgIpc) is 2.48. The van der Waals surface area contributed by atoms with Crippen LogP contribution < -0.4 is 28.5 Å². The number of hydrogen-bond acceptors (Lipinski definition) is 0. The van der Waals surface area contributed by atoms with Crippen LogP contribution in [0.4, 0.5) is 0 Å². The van der Waals surface area contributed by atoms with E-state index in [4.69, 9.17) is 0 Å². The van der Waals surface area contributed by atoms with Crippen LogP contribution in [0.5, 0.6) is 0 Å². The van der Waals surface area contributed by atoms with Crippen molar-refractivity contribution in [2.24, 2.45) is 7.05 Å². The first-order valence-corrected chi connectivity index (χ1v) is 4.69. The van der Waals surface area contributed by atoms with Gasteiger partial charge in [0, 0.05) is 12.1 Å². The van der Waals surface area contributed by atoms with Gasteiger partial charge in [0.25, 0.3) is 0 Å². The van der Waals surface area contributed by atoms with E-state index in [1.807, 2.05) is 0 Å². The summed E-state index contributed by atoms with van der Waals surface area (Å²) >= 11 is 0. The van der Waals surface area contributed by atoms with Crippen LogP contribution in [0, 0.1) is 6.92 Å². The van der Waals surface area contributed by atoms with Gasteiger partial charge in [-0.15, -0.1) is 0 Å². The molecule has 2 nitrogen and oxygen atoms in total. The summed E-state index contributed by atoms with van der Waals surface area (Å²) in [6.07, 6.45) is 5.30. The van der Waals surface area contributed by atoms with Crippen LogP contribution in [-0.4, -0.2) is 4.40 Å². The van der Waals surface area contributed by atoms with Crippen LogP contribution in [0.25, 0.3) is 5.52 Å². The first-order valence-electron chi connectivity index (χ1n) is 4.69. The SMILES string of the molecule is CCc1c2ccc(C)n2cc[n+]1C.[I-]. The first kappa shape index (κ1) is 11.5. The predicted octanol–water partition coefficient (Wildman–Crippen LogP) is -1.36. The lowest BCUT2D eigenvalue weighted by Crippen LogP contribution is -3.00. The van der Waals surface area contributed by atoms with Crippen molar-refractivity contribution in [2.45, 2.75) is 20.3 Å². The quantitative estimate of drug-likeness (QED) is 0.454. The Bertz CT molecular complexity index is 446. The fourth-order valence-corrected chi connectivity index (χ4v) is 1.85. The van der Waals surface area contributed by atoms with E-state index in [0.717, 1.165) is 6.42 Å². The van der Waals surface area contributed by atoms with Gasteiger partial charge in [-0.1, -0.05) is 6.92 Å². The Morgan fingerprint density at radius 2 is 2.07 bits per heavy atom. The molecule has 0 aliphatic rings. The second-order valence-electron chi connectivity index (χ2n) is 3.44. The van der Waals surface area contributed by atoms with Gasteiger partial charge in [0.15, 0.2) is 6.20 Å². The molecule has 0 aliphatic carbocycles. The zero-order chi connectivity index (χ0) is 9.42. The molecule has 14 heavy (non-hydrogen) atoms. The van der Waals surface area contributed by atoms with E-state index in [1.54, 1.807) is 0 Å². The molecule has 0 unspecified atom stereocenters. The highest BCUT2D eigenvalue weighted by Crippen LogP contribution is 2.11. The van der Waals surface area contributed by atoms with Crippen molar-refractivity contribution >= 4 is 5.52 Å². The Kier molecular flexibility index (Phi) is 3.53. The van der Waals surface area contributed by atoms with Crippen molar-refractivity contribution in [2.75, 3.05) is 0 Å². The number of halogens is 1. The topological polar surface area (TPSA) is 8.29 Å². The Morgan fingerprint density at radius 3 is 2.71 bits per heavy atom. The molecule has 0 saturated heterocycles. The third-order valence-corrected chi connectivity index (χ3v) is 2.62. The third kappa shape index (κ3) is 1.65. The summed E-state index contributed by atoms with van der Waals surface area (Å²) in [5.74, 6) is 0. The Labute approximate surface area is 102 Å². The second kappa shape index (κ2) is 4.29. The summed E-state index contributed by atoms with van der Waals surface area (Å²) in [6.45, 7) is 4.32. The Hall–Kier alpha value is -0.580. The van der Waals surface area contributed by atoms with Gasteiger partial charge < -0.3 is 28.4 Å². The summed E-state index contributed by atoms with van der Waals surface area (Å²) in [5, 5.41) is 0. The van der Waals surface area contributed by atoms with E-state index in [2.05, 4.69) is 54.4 Å². The number of fused-ring (bicyclic) bond motifs is 1. The molecule has 0 amide bonds. The number of aryl methyl sites for hydroxylation is 3. The van der Waals surface area contributed by atoms with E-state index in [0.29, 0.717) is 0 Å². The number of hydrogen-bond donors (Lipinski definition) is 0. The van der Waals surface area contributed by atoms with Gasteiger partial charge in [0.2, 0.25) is 5.69 Å². The lowest BCUT2D eigenvalue weighted by Gasteiger charge is -2.01. The smallest absolute Gasteiger partial charge is 0.205 e. The molecule has 0 fully saturated rings. The molecule has 3 heteroatoms. The maximum atomic E-state index is 2.23. The molecule has 0 spiro atoms. The minimum absolute atomic E-state index is 0. The maximum Gasteiger partial charge on any atom is 0.205 e. The van der Waals surface area contributed by atoms with E-state index in [9.17, 15) is 0 Å². The summed E-state index contributed by atoms with van der Waals surface area (Å²) < 4.78 is 4.42.